The lowest BCUT2D eigenvalue weighted by Gasteiger charge is -2.13. The normalized spacial score (nSPS) is 12.8. The van der Waals surface area contributed by atoms with Gasteiger partial charge < -0.3 is 10.4 Å². The summed E-state index contributed by atoms with van der Waals surface area (Å²) in [6.07, 6.45) is -5.52. The molecule has 0 amide bonds. The molecule has 148 valence electrons. The van der Waals surface area contributed by atoms with Crippen molar-refractivity contribution in [1.29, 1.82) is 0 Å². The first kappa shape index (κ1) is 18.9. The average molecular weight is 399 g/mol. The maximum Gasteiger partial charge on any atom is 0.453 e. The molecule has 2 aromatic carbocycles. The molecule has 2 N–H and O–H groups in total. The summed E-state index contributed by atoms with van der Waals surface area (Å²) < 4.78 is 39.5. The van der Waals surface area contributed by atoms with Gasteiger partial charge in [-0.1, -0.05) is 54.6 Å². The van der Waals surface area contributed by atoms with Gasteiger partial charge in [-0.25, -0.2) is 0 Å². The predicted octanol–water partition coefficient (Wildman–Crippen LogP) is 3.96. The molecule has 9 heteroatoms. The van der Waals surface area contributed by atoms with Crippen LogP contribution < -0.4 is 5.32 Å². The van der Waals surface area contributed by atoms with Gasteiger partial charge in [-0.2, -0.15) is 17.7 Å². The van der Waals surface area contributed by atoms with Crippen LogP contribution in [0.1, 0.15) is 17.5 Å². The number of rotatable bonds is 5. The van der Waals surface area contributed by atoms with Crippen molar-refractivity contribution >= 4 is 11.5 Å². The Morgan fingerprint density at radius 3 is 2.28 bits per heavy atom. The number of aliphatic hydroxyl groups excluding tert-OH is 1. The fourth-order valence-electron chi connectivity index (χ4n) is 2.91. The molecule has 0 aliphatic heterocycles. The molecule has 1 atom stereocenters. The molecule has 4 rings (SSSR count). The Bertz CT molecular complexity index is 1110. The van der Waals surface area contributed by atoms with E-state index in [-0.39, 0.29) is 18.0 Å². The standard InChI is InChI=1S/C20H16F3N5O/c21-20(22,23)19-26-25-18-11-10-17(27-28(18)19)24-12-16(29)15-8-6-14(7-9-15)13-4-2-1-3-5-13/h1-11,16,29H,12H2,(H,24,27). The van der Waals surface area contributed by atoms with Crippen LogP contribution >= 0.6 is 0 Å². The lowest BCUT2D eigenvalue weighted by molar-refractivity contribution is -0.146. The van der Waals surface area contributed by atoms with Crippen molar-refractivity contribution in [2.24, 2.45) is 0 Å². The molecule has 2 aromatic heterocycles. The summed E-state index contributed by atoms with van der Waals surface area (Å²) in [6.45, 7) is 0.0761. The van der Waals surface area contributed by atoms with E-state index in [0.717, 1.165) is 11.1 Å². The quantitative estimate of drug-likeness (QED) is 0.531. The number of nitrogens with one attached hydrogen (secondary N) is 1. The van der Waals surface area contributed by atoms with Crippen LogP contribution in [0.15, 0.2) is 66.7 Å². The zero-order valence-corrected chi connectivity index (χ0v) is 15.0. The van der Waals surface area contributed by atoms with Crippen LogP contribution in [0.3, 0.4) is 0 Å². The van der Waals surface area contributed by atoms with Gasteiger partial charge in [-0.05, 0) is 28.8 Å². The molecule has 0 saturated carbocycles. The molecule has 0 fully saturated rings. The Balaban J connectivity index is 1.46. The highest BCUT2D eigenvalue weighted by molar-refractivity contribution is 5.63. The van der Waals surface area contributed by atoms with Gasteiger partial charge in [0.15, 0.2) is 5.65 Å². The smallest absolute Gasteiger partial charge is 0.387 e. The van der Waals surface area contributed by atoms with E-state index >= 15 is 0 Å². The third-order valence-corrected chi connectivity index (χ3v) is 4.40. The molecule has 0 radical (unpaired) electrons. The number of hydrogen-bond donors (Lipinski definition) is 2. The highest BCUT2D eigenvalue weighted by atomic mass is 19.4. The van der Waals surface area contributed by atoms with Gasteiger partial charge in [0.05, 0.1) is 6.10 Å². The van der Waals surface area contributed by atoms with E-state index in [9.17, 15) is 18.3 Å². The Morgan fingerprint density at radius 2 is 1.59 bits per heavy atom. The van der Waals surface area contributed by atoms with Gasteiger partial charge in [-0.15, -0.1) is 15.3 Å². The average Bonchev–Trinajstić information content (AvgIpc) is 3.16. The highest BCUT2D eigenvalue weighted by Crippen LogP contribution is 2.27. The largest absolute Gasteiger partial charge is 0.453 e. The van der Waals surface area contributed by atoms with E-state index in [0.29, 0.717) is 10.1 Å². The molecule has 0 aliphatic carbocycles. The number of benzene rings is 2. The fraction of sp³-hybridized carbons (Fsp3) is 0.150. The van der Waals surface area contributed by atoms with Crippen molar-refractivity contribution in [3.05, 3.63) is 78.1 Å². The molecule has 0 bridgehead atoms. The number of aromatic nitrogens is 4. The molecule has 4 aromatic rings. The minimum atomic E-state index is -4.66. The number of halogens is 3. The first-order chi connectivity index (χ1) is 13.9. The molecule has 0 aliphatic rings. The third-order valence-electron chi connectivity index (χ3n) is 4.40. The highest BCUT2D eigenvalue weighted by Gasteiger charge is 2.37. The second-order valence-electron chi connectivity index (χ2n) is 6.39. The van der Waals surface area contributed by atoms with Crippen molar-refractivity contribution in [2.75, 3.05) is 11.9 Å². The fourth-order valence-corrected chi connectivity index (χ4v) is 2.91. The van der Waals surface area contributed by atoms with E-state index in [4.69, 9.17) is 0 Å². The van der Waals surface area contributed by atoms with Crippen molar-refractivity contribution < 1.29 is 18.3 Å². The molecule has 0 saturated heterocycles. The minimum absolute atomic E-state index is 0.0140. The number of aliphatic hydroxyl groups is 1. The van der Waals surface area contributed by atoms with Crippen LogP contribution in [-0.2, 0) is 6.18 Å². The minimum Gasteiger partial charge on any atom is -0.387 e. The van der Waals surface area contributed by atoms with E-state index in [2.05, 4.69) is 20.6 Å². The van der Waals surface area contributed by atoms with Gasteiger partial charge in [0.25, 0.3) is 5.82 Å². The van der Waals surface area contributed by atoms with Crippen LogP contribution in [0, 0.1) is 0 Å². The van der Waals surface area contributed by atoms with Gasteiger partial charge in [0, 0.05) is 6.54 Å². The summed E-state index contributed by atoms with van der Waals surface area (Å²) >= 11 is 0. The number of hydrogen-bond acceptors (Lipinski definition) is 5. The summed E-state index contributed by atoms with van der Waals surface area (Å²) in [7, 11) is 0. The van der Waals surface area contributed by atoms with E-state index in [1.54, 1.807) is 0 Å². The number of nitrogens with zero attached hydrogens (tertiary/aromatic N) is 4. The topological polar surface area (TPSA) is 75.3 Å². The zero-order valence-electron chi connectivity index (χ0n) is 15.0. The van der Waals surface area contributed by atoms with Crippen molar-refractivity contribution in [3.63, 3.8) is 0 Å². The maximum atomic E-state index is 12.9. The molecular weight excluding hydrogens is 383 g/mol. The Hall–Kier alpha value is -3.46. The van der Waals surface area contributed by atoms with E-state index in [1.165, 1.54) is 12.1 Å². The molecule has 1 unspecified atom stereocenters. The van der Waals surface area contributed by atoms with Crippen LogP contribution in [0.2, 0.25) is 0 Å². The Kier molecular flexibility index (Phi) is 4.89. The van der Waals surface area contributed by atoms with Crippen LogP contribution in [0.25, 0.3) is 16.8 Å². The van der Waals surface area contributed by atoms with Crippen molar-refractivity contribution in [1.82, 2.24) is 19.8 Å². The maximum absolute atomic E-state index is 12.9. The molecule has 29 heavy (non-hydrogen) atoms. The van der Waals surface area contributed by atoms with Crippen LogP contribution in [0.4, 0.5) is 19.0 Å². The Labute approximate surface area is 163 Å². The van der Waals surface area contributed by atoms with Crippen molar-refractivity contribution in [3.8, 4) is 11.1 Å². The lowest BCUT2D eigenvalue weighted by Crippen LogP contribution is -2.16. The molecule has 6 nitrogen and oxygen atoms in total. The number of fused-ring (bicyclic) bond motifs is 1. The SMILES string of the molecule is OC(CNc1ccc2nnc(C(F)(F)F)n2n1)c1ccc(-c2ccccc2)cc1. The third kappa shape index (κ3) is 4.04. The summed E-state index contributed by atoms with van der Waals surface area (Å²) in [4.78, 5) is 0. The lowest BCUT2D eigenvalue weighted by atomic mass is 10.0. The summed E-state index contributed by atoms with van der Waals surface area (Å²) in [6, 6.07) is 20.1. The van der Waals surface area contributed by atoms with E-state index < -0.39 is 18.1 Å². The second-order valence-corrected chi connectivity index (χ2v) is 6.39. The monoisotopic (exact) mass is 399 g/mol. The van der Waals surface area contributed by atoms with Gasteiger partial charge in [0.1, 0.15) is 5.82 Å². The van der Waals surface area contributed by atoms with Gasteiger partial charge >= 0.3 is 6.18 Å². The predicted molar refractivity (Wildman–Crippen MR) is 101 cm³/mol. The molecular formula is C20H16F3N5O. The summed E-state index contributed by atoms with van der Waals surface area (Å²) in [5.74, 6) is -1.03. The van der Waals surface area contributed by atoms with E-state index in [1.807, 2.05) is 54.6 Å². The summed E-state index contributed by atoms with van der Waals surface area (Å²) in [5.41, 5.74) is 2.76. The Morgan fingerprint density at radius 1 is 0.897 bits per heavy atom. The second kappa shape index (κ2) is 7.51. The summed E-state index contributed by atoms with van der Waals surface area (Å²) in [5, 5.41) is 23.7. The van der Waals surface area contributed by atoms with Gasteiger partial charge in [-0.3, -0.25) is 0 Å². The first-order valence-electron chi connectivity index (χ1n) is 8.79. The first-order valence-corrected chi connectivity index (χ1v) is 8.79. The zero-order chi connectivity index (χ0) is 20.4. The number of anilines is 1. The van der Waals surface area contributed by atoms with Crippen LogP contribution in [0.5, 0.6) is 0 Å². The van der Waals surface area contributed by atoms with Crippen molar-refractivity contribution in [2.45, 2.75) is 12.3 Å². The molecule has 0 spiro atoms. The molecule has 2 heterocycles. The van der Waals surface area contributed by atoms with Gasteiger partial charge in [0.2, 0.25) is 0 Å². The van der Waals surface area contributed by atoms with Crippen LogP contribution in [-0.4, -0.2) is 31.5 Å². The number of alkyl halides is 3.